The van der Waals surface area contributed by atoms with Crippen LogP contribution in [0.3, 0.4) is 0 Å². The summed E-state index contributed by atoms with van der Waals surface area (Å²) in [5.74, 6) is 2.43. The molecular weight excluding hydrogens is 330 g/mol. The molecule has 0 amide bonds. The Balaban J connectivity index is 1.53. The van der Waals surface area contributed by atoms with Crippen LogP contribution in [-0.2, 0) is 4.74 Å². The predicted molar refractivity (Wildman–Crippen MR) is 103 cm³/mol. The molecule has 0 aliphatic carbocycles. The highest BCUT2D eigenvalue weighted by Gasteiger charge is 2.12. The van der Waals surface area contributed by atoms with Crippen LogP contribution in [0, 0.1) is 0 Å². The molecule has 0 saturated carbocycles. The number of aromatic nitrogens is 2. The quantitative estimate of drug-likeness (QED) is 0.446. The van der Waals surface area contributed by atoms with Gasteiger partial charge in [-0.05, 0) is 36.2 Å². The Hall–Kier alpha value is -2.67. The molecule has 26 heavy (non-hydrogen) atoms. The van der Waals surface area contributed by atoms with E-state index in [0.29, 0.717) is 5.82 Å². The molecule has 2 aromatic rings. The third-order valence-electron chi connectivity index (χ3n) is 4.03. The third kappa shape index (κ3) is 5.42. The fourth-order valence-electron chi connectivity index (χ4n) is 2.53. The lowest BCUT2D eigenvalue weighted by Crippen LogP contribution is -2.36. The Morgan fingerprint density at radius 1 is 1.23 bits per heavy atom. The lowest BCUT2D eigenvalue weighted by Gasteiger charge is -2.27. The number of morpholine rings is 1. The first kappa shape index (κ1) is 18.1. The molecule has 1 aromatic carbocycles. The maximum Gasteiger partial charge on any atom is 0.151 e. The Morgan fingerprint density at radius 2 is 2.04 bits per heavy atom. The Morgan fingerprint density at radius 3 is 2.81 bits per heavy atom. The third-order valence-corrected chi connectivity index (χ3v) is 4.03. The molecule has 0 spiro atoms. The molecule has 1 aliphatic rings. The topological polar surface area (TPSA) is 71.9 Å². The van der Waals surface area contributed by atoms with Gasteiger partial charge in [-0.15, -0.1) is 0 Å². The molecule has 1 N–H and O–H groups in total. The number of benzene rings is 1. The minimum absolute atomic E-state index is 0.664. The smallest absolute Gasteiger partial charge is 0.151 e. The van der Waals surface area contributed by atoms with E-state index in [0.717, 1.165) is 62.9 Å². The average Bonchev–Trinajstić information content (AvgIpc) is 2.70. The van der Waals surface area contributed by atoms with E-state index in [4.69, 9.17) is 9.47 Å². The first-order valence-corrected chi connectivity index (χ1v) is 9.02. The fourth-order valence-corrected chi connectivity index (χ4v) is 2.53. The summed E-state index contributed by atoms with van der Waals surface area (Å²) >= 11 is 0. The van der Waals surface area contributed by atoms with Gasteiger partial charge in [0, 0.05) is 19.2 Å². The van der Waals surface area contributed by atoms with Crippen LogP contribution in [0.1, 0.15) is 25.3 Å². The second kappa shape index (κ2) is 9.72. The second-order valence-electron chi connectivity index (χ2n) is 6.00. The van der Waals surface area contributed by atoms with Crippen molar-refractivity contribution >= 4 is 17.9 Å². The van der Waals surface area contributed by atoms with Gasteiger partial charge in [-0.1, -0.05) is 13.3 Å². The second-order valence-corrected chi connectivity index (χ2v) is 6.00. The highest BCUT2D eigenvalue weighted by atomic mass is 16.5. The van der Waals surface area contributed by atoms with Gasteiger partial charge in [0.05, 0.1) is 26.0 Å². The number of hydrogen-bond donors (Lipinski definition) is 1. The molecule has 138 valence electrons. The number of nitrogens with zero attached hydrogens (tertiary/aromatic N) is 4. The highest BCUT2D eigenvalue weighted by molar-refractivity contribution is 5.80. The molecule has 1 aromatic heterocycles. The number of anilines is 2. The van der Waals surface area contributed by atoms with Crippen molar-refractivity contribution in [1.82, 2.24) is 9.97 Å². The molecule has 7 heteroatoms. The number of hydrogen-bond acceptors (Lipinski definition) is 7. The number of rotatable bonds is 8. The minimum Gasteiger partial charge on any atom is -0.494 e. The van der Waals surface area contributed by atoms with E-state index >= 15 is 0 Å². The summed E-state index contributed by atoms with van der Waals surface area (Å²) in [4.78, 5) is 10.7. The van der Waals surface area contributed by atoms with E-state index in [9.17, 15) is 0 Å². The standard InChI is InChI=1S/C19H25N5O2/c1-2-3-10-26-17-6-4-16(5-7-17)14-22-23-18-13-19(21-15-20-18)24-8-11-25-12-9-24/h4-7,13-15H,2-3,8-12H2,1H3,(H,20,21,23). The number of ether oxygens (including phenoxy) is 2. The summed E-state index contributed by atoms with van der Waals surface area (Å²) in [6, 6.07) is 9.76. The van der Waals surface area contributed by atoms with Crippen molar-refractivity contribution in [2.24, 2.45) is 5.10 Å². The largest absolute Gasteiger partial charge is 0.494 e. The molecule has 2 heterocycles. The van der Waals surface area contributed by atoms with Crippen LogP contribution in [0.5, 0.6) is 5.75 Å². The first-order chi connectivity index (χ1) is 12.8. The highest BCUT2D eigenvalue weighted by Crippen LogP contribution is 2.15. The van der Waals surface area contributed by atoms with Gasteiger partial charge >= 0.3 is 0 Å². The van der Waals surface area contributed by atoms with Gasteiger partial charge in [0.1, 0.15) is 17.9 Å². The fraction of sp³-hybridized carbons (Fsp3) is 0.421. The Kier molecular flexibility index (Phi) is 6.78. The Labute approximate surface area is 154 Å². The van der Waals surface area contributed by atoms with E-state index in [1.54, 1.807) is 12.5 Å². The molecule has 0 radical (unpaired) electrons. The summed E-state index contributed by atoms with van der Waals surface area (Å²) < 4.78 is 11.0. The van der Waals surface area contributed by atoms with Crippen LogP contribution in [0.4, 0.5) is 11.6 Å². The zero-order valence-corrected chi connectivity index (χ0v) is 15.1. The Bertz CT molecular complexity index is 699. The van der Waals surface area contributed by atoms with E-state index in [-0.39, 0.29) is 0 Å². The van der Waals surface area contributed by atoms with Gasteiger partial charge in [0.15, 0.2) is 5.82 Å². The van der Waals surface area contributed by atoms with Gasteiger partial charge in [0.2, 0.25) is 0 Å². The van der Waals surface area contributed by atoms with Gasteiger partial charge in [-0.2, -0.15) is 5.10 Å². The van der Waals surface area contributed by atoms with Gasteiger partial charge in [-0.3, -0.25) is 5.43 Å². The zero-order valence-electron chi connectivity index (χ0n) is 15.1. The SMILES string of the molecule is CCCCOc1ccc(C=NNc2cc(N3CCOCC3)ncn2)cc1. The van der Waals surface area contributed by atoms with Crippen molar-refractivity contribution in [2.75, 3.05) is 43.2 Å². The summed E-state index contributed by atoms with van der Waals surface area (Å²) in [6.07, 6.45) is 5.50. The van der Waals surface area contributed by atoms with E-state index in [2.05, 4.69) is 32.3 Å². The molecule has 7 nitrogen and oxygen atoms in total. The number of unbranched alkanes of at least 4 members (excludes halogenated alkanes) is 1. The molecule has 1 saturated heterocycles. The maximum absolute atomic E-state index is 5.66. The predicted octanol–water partition coefficient (Wildman–Crippen LogP) is 2.94. The van der Waals surface area contributed by atoms with Crippen LogP contribution >= 0.6 is 0 Å². The number of hydrazone groups is 1. The van der Waals surface area contributed by atoms with Crippen molar-refractivity contribution in [3.8, 4) is 5.75 Å². The molecule has 1 aliphatic heterocycles. The van der Waals surface area contributed by atoms with Crippen molar-refractivity contribution in [1.29, 1.82) is 0 Å². The van der Waals surface area contributed by atoms with Crippen molar-refractivity contribution in [3.05, 3.63) is 42.2 Å². The molecule has 0 bridgehead atoms. The first-order valence-electron chi connectivity index (χ1n) is 9.02. The summed E-state index contributed by atoms with van der Waals surface area (Å²) in [7, 11) is 0. The number of nitrogens with one attached hydrogen (secondary N) is 1. The zero-order chi connectivity index (χ0) is 18.0. The summed E-state index contributed by atoms with van der Waals surface area (Å²) in [5, 5.41) is 4.25. The normalized spacial score (nSPS) is 14.6. The van der Waals surface area contributed by atoms with Crippen molar-refractivity contribution in [2.45, 2.75) is 19.8 Å². The summed E-state index contributed by atoms with van der Waals surface area (Å²) in [6.45, 7) is 6.03. The molecule has 0 unspecified atom stereocenters. The average molecular weight is 355 g/mol. The van der Waals surface area contributed by atoms with Crippen molar-refractivity contribution < 1.29 is 9.47 Å². The van der Waals surface area contributed by atoms with Gasteiger partial charge < -0.3 is 14.4 Å². The molecular formula is C19H25N5O2. The molecule has 3 rings (SSSR count). The van der Waals surface area contributed by atoms with Crippen molar-refractivity contribution in [3.63, 3.8) is 0 Å². The molecule has 1 fully saturated rings. The monoisotopic (exact) mass is 355 g/mol. The van der Waals surface area contributed by atoms with Gasteiger partial charge in [-0.25, -0.2) is 9.97 Å². The van der Waals surface area contributed by atoms with E-state index in [1.165, 1.54) is 0 Å². The lowest BCUT2D eigenvalue weighted by atomic mass is 10.2. The van der Waals surface area contributed by atoms with Crippen LogP contribution in [0.25, 0.3) is 0 Å². The lowest BCUT2D eigenvalue weighted by molar-refractivity contribution is 0.122. The minimum atomic E-state index is 0.664. The van der Waals surface area contributed by atoms with Crippen LogP contribution < -0.4 is 15.1 Å². The molecule has 0 atom stereocenters. The van der Waals surface area contributed by atoms with E-state index < -0.39 is 0 Å². The van der Waals surface area contributed by atoms with Crippen LogP contribution in [0.2, 0.25) is 0 Å². The van der Waals surface area contributed by atoms with Crippen LogP contribution in [-0.4, -0.2) is 49.1 Å². The van der Waals surface area contributed by atoms with Gasteiger partial charge in [0.25, 0.3) is 0 Å². The van der Waals surface area contributed by atoms with E-state index in [1.807, 2.05) is 30.3 Å². The summed E-state index contributed by atoms with van der Waals surface area (Å²) in [5.41, 5.74) is 3.95. The maximum atomic E-state index is 5.66. The van der Waals surface area contributed by atoms with Crippen LogP contribution in [0.15, 0.2) is 41.8 Å².